The summed E-state index contributed by atoms with van der Waals surface area (Å²) in [4.78, 5) is 14.4. The Bertz CT molecular complexity index is 827. The SMILES string of the molecule is CC(=N)NC(C(=O)C(C)CF)(c1cccc(-c2cc(C)cs2)c1)C1CC1. The number of alkyl halides is 1. The maximum absolute atomic E-state index is 13.4. The number of aryl methyl sites for hydroxylation is 1. The lowest BCUT2D eigenvalue weighted by molar-refractivity contribution is -0.130. The predicted octanol–water partition coefficient (Wildman–Crippen LogP) is 5.09. The molecular weight excluding hydrogens is 347 g/mol. The molecule has 0 radical (unpaired) electrons. The van der Waals surface area contributed by atoms with Crippen LogP contribution in [0.4, 0.5) is 4.39 Å². The smallest absolute Gasteiger partial charge is 0.168 e. The van der Waals surface area contributed by atoms with Crippen molar-refractivity contribution in [2.45, 2.75) is 39.2 Å². The highest BCUT2D eigenvalue weighted by atomic mass is 32.1. The van der Waals surface area contributed by atoms with Crippen molar-refractivity contribution >= 4 is 23.0 Å². The number of carbonyl (C=O) groups excluding carboxylic acids is 1. The van der Waals surface area contributed by atoms with Crippen LogP contribution in [0.1, 0.15) is 37.8 Å². The van der Waals surface area contributed by atoms with E-state index in [0.717, 1.165) is 28.8 Å². The number of nitrogens with one attached hydrogen (secondary N) is 2. The molecule has 5 heteroatoms. The van der Waals surface area contributed by atoms with E-state index in [1.807, 2.05) is 24.3 Å². The number of Topliss-reactive ketones (excluding diaryl/α,β-unsaturated/α-hetero) is 1. The topological polar surface area (TPSA) is 53.0 Å². The van der Waals surface area contributed by atoms with Gasteiger partial charge in [0.05, 0.1) is 12.5 Å². The Labute approximate surface area is 158 Å². The minimum absolute atomic E-state index is 0.102. The summed E-state index contributed by atoms with van der Waals surface area (Å²) in [5, 5.41) is 13.2. The van der Waals surface area contributed by atoms with E-state index in [4.69, 9.17) is 5.41 Å². The average Bonchev–Trinajstić information content (AvgIpc) is 3.39. The van der Waals surface area contributed by atoms with Gasteiger partial charge in [0.1, 0.15) is 5.54 Å². The molecule has 138 valence electrons. The standard InChI is InChI=1S/C21H25FN2OS/c1-13-9-19(26-12-13)16-5-4-6-18(10-16)21(17-7-8-17,24-15(3)23)20(25)14(2)11-22/h4-6,9-10,12,14,17H,7-8,11H2,1-3H3,(H2,23,24). The monoisotopic (exact) mass is 372 g/mol. The molecule has 1 aliphatic carbocycles. The second-order valence-corrected chi connectivity index (χ2v) is 8.23. The maximum atomic E-state index is 13.4. The first kappa shape index (κ1) is 18.8. The molecule has 0 saturated heterocycles. The molecule has 2 atom stereocenters. The molecule has 0 bridgehead atoms. The van der Waals surface area contributed by atoms with Gasteiger partial charge in [0, 0.05) is 10.8 Å². The first-order valence-electron chi connectivity index (χ1n) is 8.98. The molecular formula is C21H25FN2OS. The van der Waals surface area contributed by atoms with Gasteiger partial charge in [0.2, 0.25) is 0 Å². The van der Waals surface area contributed by atoms with Gasteiger partial charge < -0.3 is 5.32 Å². The minimum Gasteiger partial charge on any atom is -0.358 e. The number of ketones is 1. The van der Waals surface area contributed by atoms with Crippen molar-refractivity contribution < 1.29 is 9.18 Å². The van der Waals surface area contributed by atoms with Crippen LogP contribution in [-0.4, -0.2) is 18.3 Å². The summed E-state index contributed by atoms with van der Waals surface area (Å²) in [5.74, 6) is -0.526. The van der Waals surface area contributed by atoms with Crippen LogP contribution in [0.2, 0.25) is 0 Å². The molecule has 0 spiro atoms. The quantitative estimate of drug-likeness (QED) is 0.525. The van der Waals surface area contributed by atoms with Gasteiger partial charge in [-0.25, -0.2) is 0 Å². The second kappa shape index (κ2) is 7.31. The van der Waals surface area contributed by atoms with Gasteiger partial charge in [-0.15, -0.1) is 11.3 Å². The Balaban J connectivity index is 2.12. The van der Waals surface area contributed by atoms with Crippen LogP contribution < -0.4 is 5.32 Å². The summed E-state index contributed by atoms with van der Waals surface area (Å²) in [6.07, 6.45) is 1.82. The number of benzene rings is 1. The van der Waals surface area contributed by atoms with Crippen molar-refractivity contribution in [3.63, 3.8) is 0 Å². The zero-order valence-corrected chi connectivity index (χ0v) is 16.3. The molecule has 2 aromatic rings. The van der Waals surface area contributed by atoms with Crippen LogP contribution in [0, 0.1) is 24.2 Å². The van der Waals surface area contributed by atoms with Crippen molar-refractivity contribution in [1.29, 1.82) is 5.41 Å². The zero-order chi connectivity index (χ0) is 18.9. The fourth-order valence-electron chi connectivity index (χ4n) is 3.59. The Morgan fingerprint density at radius 1 is 1.42 bits per heavy atom. The minimum atomic E-state index is -1.01. The summed E-state index contributed by atoms with van der Waals surface area (Å²) in [5.41, 5.74) is 2.08. The Hall–Kier alpha value is -2.01. The summed E-state index contributed by atoms with van der Waals surface area (Å²) in [6.45, 7) is 4.64. The van der Waals surface area contributed by atoms with Crippen molar-refractivity contribution in [2.24, 2.45) is 11.8 Å². The normalized spacial score (nSPS) is 17.4. The van der Waals surface area contributed by atoms with Crippen LogP contribution in [0.5, 0.6) is 0 Å². The number of carbonyl (C=O) groups is 1. The summed E-state index contributed by atoms with van der Waals surface area (Å²) in [7, 11) is 0. The molecule has 1 aromatic carbocycles. The maximum Gasteiger partial charge on any atom is 0.168 e. The third kappa shape index (κ3) is 3.45. The molecule has 1 aromatic heterocycles. The van der Waals surface area contributed by atoms with Gasteiger partial charge in [0.25, 0.3) is 0 Å². The fourth-order valence-corrected chi connectivity index (χ4v) is 4.48. The summed E-state index contributed by atoms with van der Waals surface area (Å²) in [6, 6.07) is 10.1. The zero-order valence-electron chi connectivity index (χ0n) is 15.4. The van der Waals surface area contributed by atoms with E-state index < -0.39 is 18.1 Å². The number of amidine groups is 1. The molecule has 0 amide bonds. The molecule has 26 heavy (non-hydrogen) atoms. The van der Waals surface area contributed by atoms with Gasteiger partial charge >= 0.3 is 0 Å². The molecule has 1 fully saturated rings. The number of hydrogen-bond donors (Lipinski definition) is 2. The van der Waals surface area contributed by atoms with Gasteiger partial charge in [0.15, 0.2) is 5.78 Å². The molecule has 2 unspecified atom stereocenters. The lowest BCUT2D eigenvalue weighted by Crippen LogP contribution is -2.55. The predicted molar refractivity (Wildman–Crippen MR) is 106 cm³/mol. The fraction of sp³-hybridized carbons (Fsp3) is 0.429. The highest BCUT2D eigenvalue weighted by Gasteiger charge is 2.53. The van der Waals surface area contributed by atoms with Gasteiger partial charge in [-0.05, 0) is 66.8 Å². The molecule has 1 saturated carbocycles. The van der Waals surface area contributed by atoms with E-state index >= 15 is 0 Å². The molecule has 3 nitrogen and oxygen atoms in total. The van der Waals surface area contributed by atoms with Crippen LogP contribution in [0.15, 0.2) is 35.7 Å². The van der Waals surface area contributed by atoms with Crippen molar-refractivity contribution in [2.75, 3.05) is 6.67 Å². The van der Waals surface area contributed by atoms with Crippen LogP contribution in [0.3, 0.4) is 0 Å². The Kier molecular flexibility index (Phi) is 5.28. The number of halogens is 1. The van der Waals surface area contributed by atoms with E-state index in [-0.39, 0.29) is 17.5 Å². The molecule has 0 aliphatic heterocycles. The number of thiophene rings is 1. The van der Waals surface area contributed by atoms with Crippen molar-refractivity contribution in [1.82, 2.24) is 5.32 Å². The van der Waals surface area contributed by atoms with Crippen molar-refractivity contribution in [3.05, 3.63) is 46.8 Å². The second-order valence-electron chi connectivity index (χ2n) is 7.32. The number of rotatable bonds is 7. The third-order valence-corrected chi connectivity index (χ3v) is 6.07. The van der Waals surface area contributed by atoms with Gasteiger partial charge in [-0.2, -0.15) is 0 Å². The Morgan fingerprint density at radius 2 is 2.15 bits per heavy atom. The molecule has 1 aliphatic rings. The summed E-state index contributed by atoms with van der Waals surface area (Å²) >= 11 is 1.67. The largest absolute Gasteiger partial charge is 0.358 e. The molecule has 1 heterocycles. The molecule has 3 rings (SSSR count). The van der Waals surface area contributed by atoms with E-state index in [0.29, 0.717) is 0 Å². The van der Waals surface area contributed by atoms with Gasteiger partial charge in [-0.3, -0.25) is 14.6 Å². The van der Waals surface area contributed by atoms with Gasteiger partial charge in [-0.1, -0.05) is 25.1 Å². The van der Waals surface area contributed by atoms with E-state index in [1.54, 1.807) is 25.2 Å². The highest BCUT2D eigenvalue weighted by Crippen LogP contribution is 2.48. The number of hydrogen-bond acceptors (Lipinski definition) is 3. The lowest BCUT2D eigenvalue weighted by atomic mass is 9.76. The van der Waals surface area contributed by atoms with E-state index in [1.165, 1.54) is 5.56 Å². The van der Waals surface area contributed by atoms with Crippen LogP contribution >= 0.6 is 11.3 Å². The highest BCUT2D eigenvalue weighted by molar-refractivity contribution is 7.13. The molecule has 2 N–H and O–H groups in total. The van der Waals surface area contributed by atoms with E-state index in [2.05, 4.69) is 23.7 Å². The van der Waals surface area contributed by atoms with Crippen molar-refractivity contribution in [3.8, 4) is 10.4 Å². The first-order valence-corrected chi connectivity index (χ1v) is 9.86. The summed E-state index contributed by atoms with van der Waals surface area (Å²) < 4.78 is 13.4. The Morgan fingerprint density at radius 3 is 2.69 bits per heavy atom. The van der Waals surface area contributed by atoms with Crippen LogP contribution in [0.25, 0.3) is 10.4 Å². The van der Waals surface area contributed by atoms with Crippen LogP contribution in [-0.2, 0) is 10.3 Å². The first-order chi connectivity index (χ1) is 12.4. The van der Waals surface area contributed by atoms with E-state index in [9.17, 15) is 9.18 Å². The lowest BCUT2D eigenvalue weighted by Gasteiger charge is -2.36. The average molecular weight is 373 g/mol. The third-order valence-electron chi connectivity index (χ3n) is 4.98.